The maximum Gasteiger partial charge on any atom is 0.255 e. The summed E-state index contributed by atoms with van der Waals surface area (Å²) in [4.78, 5) is 28.5. The Kier molecular flexibility index (Phi) is 5.80. The first-order valence-electron chi connectivity index (χ1n) is 10.2. The highest BCUT2D eigenvalue weighted by Gasteiger charge is 2.21. The zero-order valence-corrected chi connectivity index (χ0v) is 17.0. The van der Waals surface area contributed by atoms with E-state index in [4.69, 9.17) is 0 Å². The average molecular weight is 399 g/mol. The van der Waals surface area contributed by atoms with E-state index in [0.29, 0.717) is 18.7 Å². The Morgan fingerprint density at radius 2 is 1.33 bits per heavy atom. The molecule has 0 atom stereocenters. The normalized spacial score (nSPS) is 13.8. The number of rotatable bonds is 4. The van der Waals surface area contributed by atoms with Gasteiger partial charge < -0.3 is 15.1 Å². The van der Waals surface area contributed by atoms with Crippen LogP contribution in [-0.2, 0) is 4.79 Å². The number of amides is 2. The van der Waals surface area contributed by atoms with Gasteiger partial charge in [0.25, 0.3) is 5.91 Å². The van der Waals surface area contributed by atoms with E-state index in [1.807, 2.05) is 71.6 Å². The van der Waals surface area contributed by atoms with Crippen LogP contribution in [0.25, 0.3) is 11.1 Å². The molecule has 4 rings (SSSR count). The number of nitrogens with one attached hydrogen (secondary N) is 1. The Morgan fingerprint density at radius 1 is 0.733 bits per heavy atom. The van der Waals surface area contributed by atoms with Crippen molar-refractivity contribution in [3.8, 4) is 11.1 Å². The molecule has 2 amide bonds. The number of piperazine rings is 1. The van der Waals surface area contributed by atoms with Gasteiger partial charge in [-0.1, -0.05) is 54.6 Å². The molecular weight excluding hydrogens is 374 g/mol. The summed E-state index contributed by atoms with van der Waals surface area (Å²) in [5.74, 6) is -0.0281. The molecule has 0 radical (unpaired) electrons. The van der Waals surface area contributed by atoms with Crippen LogP contribution in [-0.4, -0.2) is 42.9 Å². The molecule has 1 saturated heterocycles. The SMILES string of the molecule is CC(=O)N1CCN(c2ccccc2NC(=O)c2ccc(-c3ccccc3)cc2)CC1. The first-order chi connectivity index (χ1) is 14.6. The highest BCUT2D eigenvalue weighted by Crippen LogP contribution is 2.27. The number of carbonyl (C=O) groups is 2. The number of hydrogen-bond acceptors (Lipinski definition) is 3. The van der Waals surface area contributed by atoms with Crippen molar-refractivity contribution >= 4 is 23.2 Å². The van der Waals surface area contributed by atoms with Gasteiger partial charge in [0.15, 0.2) is 0 Å². The lowest BCUT2D eigenvalue weighted by Gasteiger charge is -2.36. The van der Waals surface area contributed by atoms with Crippen molar-refractivity contribution in [3.05, 3.63) is 84.4 Å². The van der Waals surface area contributed by atoms with E-state index < -0.39 is 0 Å². The van der Waals surface area contributed by atoms with Gasteiger partial charge in [-0.15, -0.1) is 0 Å². The quantitative estimate of drug-likeness (QED) is 0.713. The van der Waals surface area contributed by atoms with Gasteiger partial charge in [0.1, 0.15) is 0 Å². The summed E-state index contributed by atoms with van der Waals surface area (Å²) >= 11 is 0. The van der Waals surface area contributed by atoms with Gasteiger partial charge in [0.2, 0.25) is 5.91 Å². The first kappa shape index (κ1) is 19.7. The van der Waals surface area contributed by atoms with Gasteiger partial charge in [0, 0.05) is 38.7 Å². The third-order valence-electron chi connectivity index (χ3n) is 5.47. The minimum Gasteiger partial charge on any atom is -0.366 e. The fourth-order valence-electron chi connectivity index (χ4n) is 3.76. The van der Waals surface area contributed by atoms with Crippen LogP contribution in [0.1, 0.15) is 17.3 Å². The van der Waals surface area contributed by atoms with Gasteiger partial charge in [-0.25, -0.2) is 0 Å². The summed E-state index contributed by atoms with van der Waals surface area (Å²) in [5.41, 5.74) is 4.59. The van der Waals surface area contributed by atoms with Crippen LogP contribution in [0.4, 0.5) is 11.4 Å². The van der Waals surface area contributed by atoms with Crippen molar-refractivity contribution in [1.82, 2.24) is 4.90 Å². The van der Waals surface area contributed by atoms with E-state index in [1.165, 1.54) is 0 Å². The van der Waals surface area contributed by atoms with Gasteiger partial charge in [0.05, 0.1) is 11.4 Å². The highest BCUT2D eigenvalue weighted by molar-refractivity contribution is 6.06. The molecule has 0 aromatic heterocycles. The van der Waals surface area contributed by atoms with Gasteiger partial charge in [-0.05, 0) is 35.4 Å². The maximum atomic E-state index is 12.9. The lowest BCUT2D eigenvalue weighted by atomic mass is 10.0. The van der Waals surface area contributed by atoms with Crippen LogP contribution < -0.4 is 10.2 Å². The Balaban J connectivity index is 1.47. The first-order valence-corrected chi connectivity index (χ1v) is 10.2. The molecule has 30 heavy (non-hydrogen) atoms. The second-order valence-electron chi connectivity index (χ2n) is 7.41. The van der Waals surface area contributed by atoms with Crippen molar-refractivity contribution in [1.29, 1.82) is 0 Å². The number of benzene rings is 3. The predicted octanol–water partition coefficient (Wildman–Crippen LogP) is 4.27. The summed E-state index contributed by atoms with van der Waals surface area (Å²) in [6, 6.07) is 25.6. The summed E-state index contributed by atoms with van der Waals surface area (Å²) in [7, 11) is 0. The molecule has 1 N–H and O–H groups in total. The van der Waals surface area contributed by atoms with E-state index in [2.05, 4.69) is 22.3 Å². The standard InChI is InChI=1S/C25H25N3O2/c1-19(29)27-15-17-28(18-16-27)24-10-6-5-9-23(24)26-25(30)22-13-11-21(12-14-22)20-7-3-2-4-8-20/h2-14H,15-18H2,1H3,(H,26,30). The molecule has 0 aliphatic carbocycles. The molecule has 3 aromatic carbocycles. The molecule has 0 bridgehead atoms. The summed E-state index contributed by atoms with van der Waals surface area (Å²) in [6.45, 7) is 4.49. The number of nitrogens with zero attached hydrogens (tertiary/aromatic N) is 2. The molecule has 1 aliphatic heterocycles. The minimum atomic E-state index is -0.135. The molecule has 0 unspecified atom stereocenters. The third-order valence-corrected chi connectivity index (χ3v) is 5.47. The zero-order chi connectivity index (χ0) is 20.9. The highest BCUT2D eigenvalue weighted by atomic mass is 16.2. The monoisotopic (exact) mass is 399 g/mol. The fourth-order valence-corrected chi connectivity index (χ4v) is 3.76. The summed E-state index contributed by atoms with van der Waals surface area (Å²) in [6.07, 6.45) is 0. The molecule has 1 fully saturated rings. The maximum absolute atomic E-state index is 12.9. The second kappa shape index (κ2) is 8.82. The van der Waals surface area contributed by atoms with Crippen LogP contribution >= 0.6 is 0 Å². The second-order valence-corrected chi connectivity index (χ2v) is 7.41. The molecule has 152 valence electrons. The number of para-hydroxylation sites is 2. The minimum absolute atomic E-state index is 0.107. The molecule has 3 aromatic rings. The lowest BCUT2D eigenvalue weighted by molar-refractivity contribution is -0.129. The summed E-state index contributed by atoms with van der Waals surface area (Å²) in [5, 5.41) is 3.06. The van der Waals surface area contributed by atoms with Crippen molar-refractivity contribution < 1.29 is 9.59 Å². The van der Waals surface area contributed by atoms with Gasteiger partial charge in [-0.2, -0.15) is 0 Å². The molecule has 5 heteroatoms. The third kappa shape index (κ3) is 4.35. The van der Waals surface area contributed by atoms with Gasteiger partial charge in [-0.3, -0.25) is 9.59 Å². The van der Waals surface area contributed by atoms with E-state index >= 15 is 0 Å². The molecular formula is C25H25N3O2. The van der Waals surface area contributed by atoms with E-state index in [-0.39, 0.29) is 11.8 Å². The smallest absolute Gasteiger partial charge is 0.255 e. The van der Waals surface area contributed by atoms with Crippen LogP contribution in [0.15, 0.2) is 78.9 Å². The largest absolute Gasteiger partial charge is 0.366 e. The van der Waals surface area contributed by atoms with Gasteiger partial charge >= 0.3 is 0 Å². The molecule has 0 saturated carbocycles. The number of carbonyl (C=O) groups excluding carboxylic acids is 2. The van der Waals surface area contributed by atoms with Crippen LogP contribution in [0, 0.1) is 0 Å². The fraction of sp³-hybridized carbons (Fsp3) is 0.200. The van der Waals surface area contributed by atoms with Crippen LogP contribution in [0.3, 0.4) is 0 Å². The predicted molar refractivity (Wildman–Crippen MR) is 121 cm³/mol. The zero-order valence-electron chi connectivity index (χ0n) is 17.0. The van der Waals surface area contributed by atoms with Crippen molar-refractivity contribution in [2.45, 2.75) is 6.92 Å². The molecule has 5 nitrogen and oxygen atoms in total. The average Bonchev–Trinajstić information content (AvgIpc) is 2.80. The topological polar surface area (TPSA) is 52.7 Å². The molecule has 1 heterocycles. The molecule has 0 spiro atoms. The Labute approximate surface area is 176 Å². The van der Waals surface area contributed by atoms with E-state index in [0.717, 1.165) is 35.6 Å². The number of hydrogen-bond donors (Lipinski definition) is 1. The van der Waals surface area contributed by atoms with Crippen molar-refractivity contribution in [3.63, 3.8) is 0 Å². The number of anilines is 2. The Hall–Kier alpha value is -3.60. The van der Waals surface area contributed by atoms with Crippen molar-refractivity contribution in [2.24, 2.45) is 0 Å². The Morgan fingerprint density at radius 3 is 2.00 bits per heavy atom. The van der Waals surface area contributed by atoms with Crippen LogP contribution in [0.5, 0.6) is 0 Å². The molecule has 1 aliphatic rings. The Bertz CT molecular complexity index is 1020. The van der Waals surface area contributed by atoms with E-state index in [9.17, 15) is 9.59 Å². The summed E-state index contributed by atoms with van der Waals surface area (Å²) < 4.78 is 0. The van der Waals surface area contributed by atoms with Crippen molar-refractivity contribution in [2.75, 3.05) is 36.4 Å². The van der Waals surface area contributed by atoms with E-state index in [1.54, 1.807) is 6.92 Å². The lowest BCUT2D eigenvalue weighted by Crippen LogP contribution is -2.48. The van der Waals surface area contributed by atoms with Crippen LogP contribution in [0.2, 0.25) is 0 Å².